The summed E-state index contributed by atoms with van der Waals surface area (Å²) in [6.07, 6.45) is 1.39. The smallest absolute Gasteiger partial charge is 0.316 e. The Morgan fingerprint density at radius 3 is 2.39 bits per heavy atom. The van der Waals surface area contributed by atoms with Crippen molar-refractivity contribution in [2.45, 2.75) is 39.2 Å². The SMILES string of the molecule is Cc1cc(OC(=O)[C@@H]2CC(=O)N(Cc3ccccc3)C2)ccc1N1C(=O)CCCC1=O. The van der Waals surface area contributed by atoms with Crippen LogP contribution in [0.25, 0.3) is 0 Å². The highest BCUT2D eigenvalue weighted by Crippen LogP contribution is 2.29. The molecule has 7 heteroatoms. The van der Waals surface area contributed by atoms with Crippen molar-refractivity contribution in [1.29, 1.82) is 0 Å². The molecule has 0 aliphatic carbocycles. The van der Waals surface area contributed by atoms with Gasteiger partial charge in [0.05, 0.1) is 11.6 Å². The molecule has 2 aliphatic heterocycles. The molecule has 0 N–H and O–H groups in total. The van der Waals surface area contributed by atoms with E-state index < -0.39 is 11.9 Å². The van der Waals surface area contributed by atoms with Crippen LogP contribution < -0.4 is 9.64 Å². The first-order valence-electron chi connectivity index (χ1n) is 10.4. The molecule has 0 saturated carbocycles. The number of nitrogens with zero attached hydrogens (tertiary/aromatic N) is 2. The van der Waals surface area contributed by atoms with Crippen molar-refractivity contribution < 1.29 is 23.9 Å². The lowest BCUT2D eigenvalue weighted by atomic mass is 10.1. The quantitative estimate of drug-likeness (QED) is 0.422. The molecule has 0 spiro atoms. The summed E-state index contributed by atoms with van der Waals surface area (Å²) in [5, 5.41) is 0. The molecule has 1 atom stereocenters. The van der Waals surface area contributed by atoms with Gasteiger partial charge in [0.2, 0.25) is 17.7 Å². The van der Waals surface area contributed by atoms with Crippen LogP contribution in [0, 0.1) is 12.8 Å². The lowest BCUT2D eigenvalue weighted by Gasteiger charge is -2.26. The minimum atomic E-state index is -0.526. The molecule has 2 aliphatic rings. The molecule has 2 aromatic rings. The monoisotopic (exact) mass is 420 g/mol. The zero-order valence-electron chi connectivity index (χ0n) is 17.4. The van der Waals surface area contributed by atoms with Crippen LogP contribution in [0.2, 0.25) is 0 Å². The second-order valence-corrected chi connectivity index (χ2v) is 8.01. The highest BCUT2D eigenvalue weighted by atomic mass is 16.5. The molecular formula is C24H24N2O5. The number of benzene rings is 2. The average Bonchev–Trinajstić information content (AvgIpc) is 3.10. The molecule has 0 unspecified atom stereocenters. The summed E-state index contributed by atoms with van der Waals surface area (Å²) in [5.74, 6) is -1.15. The van der Waals surface area contributed by atoms with Gasteiger partial charge >= 0.3 is 5.97 Å². The van der Waals surface area contributed by atoms with E-state index in [4.69, 9.17) is 4.74 Å². The maximum atomic E-state index is 12.6. The van der Waals surface area contributed by atoms with Crippen LogP contribution in [0.5, 0.6) is 5.75 Å². The van der Waals surface area contributed by atoms with Crippen LogP contribution in [0.15, 0.2) is 48.5 Å². The minimum Gasteiger partial charge on any atom is -0.426 e. The van der Waals surface area contributed by atoms with E-state index in [0.717, 1.165) is 5.56 Å². The second-order valence-electron chi connectivity index (χ2n) is 8.01. The maximum absolute atomic E-state index is 12.6. The largest absolute Gasteiger partial charge is 0.426 e. The van der Waals surface area contributed by atoms with Crippen LogP contribution in [-0.2, 0) is 25.7 Å². The van der Waals surface area contributed by atoms with Gasteiger partial charge in [-0.1, -0.05) is 30.3 Å². The fraction of sp³-hybridized carbons (Fsp3) is 0.333. The van der Waals surface area contributed by atoms with Crippen LogP contribution in [0.1, 0.15) is 36.8 Å². The van der Waals surface area contributed by atoms with Gasteiger partial charge in [-0.25, -0.2) is 0 Å². The summed E-state index contributed by atoms with van der Waals surface area (Å²) in [7, 11) is 0. The van der Waals surface area contributed by atoms with Crippen molar-refractivity contribution in [2.75, 3.05) is 11.4 Å². The zero-order valence-corrected chi connectivity index (χ0v) is 17.4. The summed E-state index contributed by atoms with van der Waals surface area (Å²) in [5.41, 5.74) is 2.19. The Kier molecular flexibility index (Phi) is 5.84. The van der Waals surface area contributed by atoms with E-state index in [0.29, 0.717) is 49.4 Å². The molecule has 31 heavy (non-hydrogen) atoms. The molecule has 2 fully saturated rings. The highest BCUT2D eigenvalue weighted by molar-refractivity contribution is 6.16. The third kappa shape index (κ3) is 4.50. The number of anilines is 1. The number of carbonyl (C=O) groups is 4. The number of amides is 3. The highest BCUT2D eigenvalue weighted by Gasteiger charge is 2.36. The number of carbonyl (C=O) groups excluding carboxylic acids is 4. The molecule has 2 aromatic carbocycles. The Balaban J connectivity index is 1.41. The van der Waals surface area contributed by atoms with E-state index in [1.807, 2.05) is 30.3 Å². The van der Waals surface area contributed by atoms with Crippen molar-refractivity contribution in [3.8, 4) is 5.75 Å². The van der Waals surface area contributed by atoms with Crippen molar-refractivity contribution in [3.05, 3.63) is 59.7 Å². The molecule has 0 aromatic heterocycles. The summed E-state index contributed by atoms with van der Waals surface area (Å²) < 4.78 is 5.52. The van der Waals surface area contributed by atoms with Gasteiger partial charge in [-0.3, -0.25) is 24.1 Å². The van der Waals surface area contributed by atoms with Gasteiger partial charge in [0.15, 0.2) is 0 Å². The number of esters is 1. The van der Waals surface area contributed by atoms with Gasteiger partial charge in [-0.05, 0) is 42.7 Å². The predicted octanol–water partition coefficient (Wildman–Crippen LogP) is 2.99. The van der Waals surface area contributed by atoms with Crippen LogP contribution in [0.4, 0.5) is 5.69 Å². The van der Waals surface area contributed by atoms with Crippen molar-refractivity contribution in [2.24, 2.45) is 5.92 Å². The Labute approximate surface area is 180 Å². The van der Waals surface area contributed by atoms with E-state index in [1.54, 1.807) is 30.0 Å². The Hall–Kier alpha value is -3.48. The van der Waals surface area contributed by atoms with Crippen LogP contribution in [0.3, 0.4) is 0 Å². The zero-order chi connectivity index (χ0) is 22.0. The molecule has 4 rings (SSSR count). The number of ether oxygens (including phenoxy) is 1. The first kappa shape index (κ1) is 20.8. The van der Waals surface area contributed by atoms with Crippen LogP contribution >= 0.6 is 0 Å². The summed E-state index contributed by atoms with van der Waals surface area (Å²) in [4.78, 5) is 52.2. The Morgan fingerprint density at radius 2 is 1.71 bits per heavy atom. The molecule has 0 radical (unpaired) electrons. The number of imide groups is 1. The second kappa shape index (κ2) is 8.71. The number of aryl methyl sites for hydroxylation is 1. The molecule has 3 amide bonds. The van der Waals surface area contributed by atoms with Gasteiger partial charge in [-0.2, -0.15) is 0 Å². The van der Waals surface area contributed by atoms with Crippen molar-refractivity contribution >= 4 is 29.4 Å². The van der Waals surface area contributed by atoms with Crippen molar-refractivity contribution in [3.63, 3.8) is 0 Å². The molecular weight excluding hydrogens is 396 g/mol. The number of likely N-dealkylation sites (tertiary alicyclic amines) is 1. The number of hydrogen-bond donors (Lipinski definition) is 0. The normalized spacial score (nSPS) is 19.1. The molecule has 7 nitrogen and oxygen atoms in total. The Bertz CT molecular complexity index is 1020. The fourth-order valence-electron chi connectivity index (χ4n) is 4.05. The standard InChI is InChI=1S/C24H24N2O5/c1-16-12-19(10-11-20(16)26-21(27)8-5-9-22(26)28)31-24(30)18-13-23(29)25(15-18)14-17-6-3-2-4-7-17/h2-4,6-7,10-12,18H,5,8-9,13-15H2,1H3/t18-/m1/s1. The number of hydrogen-bond acceptors (Lipinski definition) is 5. The van der Waals surface area contributed by atoms with E-state index in [9.17, 15) is 19.2 Å². The van der Waals surface area contributed by atoms with E-state index in [1.165, 1.54) is 4.90 Å². The van der Waals surface area contributed by atoms with Gasteiger partial charge in [-0.15, -0.1) is 0 Å². The van der Waals surface area contributed by atoms with Gasteiger partial charge in [0, 0.05) is 32.4 Å². The van der Waals surface area contributed by atoms with Gasteiger partial charge < -0.3 is 9.64 Å². The topological polar surface area (TPSA) is 84.0 Å². The van der Waals surface area contributed by atoms with Crippen molar-refractivity contribution in [1.82, 2.24) is 4.90 Å². The van der Waals surface area contributed by atoms with E-state index in [-0.39, 0.29) is 24.1 Å². The van der Waals surface area contributed by atoms with Gasteiger partial charge in [0.1, 0.15) is 5.75 Å². The lowest BCUT2D eigenvalue weighted by molar-refractivity contribution is -0.139. The molecule has 2 heterocycles. The summed E-state index contributed by atoms with van der Waals surface area (Å²) in [6.45, 7) is 2.55. The van der Waals surface area contributed by atoms with E-state index in [2.05, 4.69) is 0 Å². The third-order valence-electron chi connectivity index (χ3n) is 5.67. The molecule has 0 bridgehead atoms. The number of piperidine rings is 1. The predicted molar refractivity (Wildman–Crippen MR) is 113 cm³/mol. The first-order chi connectivity index (χ1) is 14.9. The fourth-order valence-corrected chi connectivity index (χ4v) is 4.05. The maximum Gasteiger partial charge on any atom is 0.316 e. The van der Waals surface area contributed by atoms with E-state index >= 15 is 0 Å². The van der Waals surface area contributed by atoms with Gasteiger partial charge in [0.25, 0.3) is 0 Å². The third-order valence-corrected chi connectivity index (χ3v) is 5.67. The first-order valence-corrected chi connectivity index (χ1v) is 10.4. The average molecular weight is 420 g/mol. The molecule has 160 valence electrons. The summed E-state index contributed by atoms with van der Waals surface area (Å²) in [6, 6.07) is 14.5. The molecule has 2 saturated heterocycles. The Morgan fingerprint density at radius 1 is 1.00 bits per heavy atom. The lowest BCUT2D eigenvalue weighted by Crippen LogP contribution is -2.40. The minimum absolute atomic E-state index is 0.0699. The summed E-state index contributed by atoms with van der Waals surface area (Å²) >= 11 is 0. The van der Waals surface area contributed by atoms with Crippen LogP contribution in [-0.4, -0.2) is 35.1 Å². The number of rotatable bonds is 5.